The third kappa shape index (κ3) is 4.73. The van der Waals surface area contributed by atoms with E-state index in [0.29, 0.717) is 22.2 Å². The van der Waals surface area contributed by atoms with Gasteiger partial charge in [0.25, 0.3) is 11.5 Å². The summed E-state index contributed by atoms with van der Waals surface area (Å²) in [6.45, 7) is 1.71. The van der Waals surface area contributed by atoms with E-state index in [0.717, 1.165) is 5.56 Å². The van der Waals surface area contributed by atoms with Crippen molar-refractivity contribution in [2.75, 3.05) is 5.32 Å². The highest BCUT2D eigenvalue weighted by atomic mass is 16.2. The van der Waals surface area contributed by atoms with E-state index in [2.05, 4.69) is 15.6 Å². The number of anilines is 1. The SMILES string of the molecule is CC(NC(=O)Cn1cnc2ccccc2c1=O)c1cccc(NC(=O)c2ccccc2)c1. The summed E-state index contributed by atoms with van der Waals surface area (Å²) in [5.41, 5.74) is 2.36. The van der Waals surface area contributed by atoms with Crippen LogP contribution in [0.25, 0.3) is 10.9 Å². The molecule has 0 spiro atoms. The van der Waals surface area contributed by atoms with Gasteiger partial charge in [0.15, 0.2) is 0 Å². The van der Waals surface area contributed by atoms with Crippen LogP contribution in [0.1, 0.15) is 28.9 Å². The maximum absolute atomic E-state index is 12.6. The van der Waals surface area contributed by atoms with Gasteiger partial charge in [0.1, 0.15) is 6.54 Å². The van der Waals surface area contributed by atoms with Crippen LogP contribution in [0.5, 0.6) is 0 Å². The number of carbonyl (C=O) groups excluding carboxylic acids is 2. The molecule has 2 amide bonds. The van der Waals surface area contributed by atoms with Gasteiger partial charge in [-0.05, 0) is 48.9 Å². The second-order valence-electron chi connectivity index (χ2n) is 7.43. The molecule has 1 aromatic heterocycles. The van der Waals surface area contributed by atoms with Gasteiger partial charge in [-0.3, -0.25) is 19.0 Å². The van der Waals surface area contributed by atoms with E-state index in [-0.39, 0.29) is 30.0 Å². The number of nitrogens with one attached hydrogen (secondary N) is 2. The van der Waals surface area contributed by atoms with Crippen molar-refractivity contribution in [2.24, 2.45) is 0 Å². The molecule has 0 saturated carbocycles. The van der Waals surface area contributed by atoms with Crippen molar-refractivity contribution >= 4 is 28.4 Å². The van der Waals surface area contributed by atoms with Crippen LogP contribution in [0.4, 0.5) is 5.69 Å². The largest absolute Gasteiger partial charge is 0.348 e. The lowest BCUT2D eigenvalue weighted by molar-refractivity contribution is -0.122. The number of benzene rings is 3. The van der Waals surface area contributed by atoms with Gasteiger partial charge in [-0.15, -0.1) is 0 Å². The fourth-order valence-corrected chi connectivity index (χ4v) is 3.42. The van der Waals surface area contributed by atoms with Crippen LogP contribution < -0.4 is 16.2 Å². The van der Waals surface area contributed by atoms with Crippen LogP contribution in [0.15, 0.2) is 90.0 Å². The van der Waals surface area contributed by atoms with Gasteiger partial charge in [-0.1, -0.05) is 42.5 Å². The van der Waals surface area contributed by atoms with Gasteiger partial charge >= 0.3 is 0 Å². The number of carbonyl (C=O) groups is 2. The summed E-state index contributed by atoms with van der Waals surface area (Å²) in [7, 11) is 0. The Kier molecular flexibility index (Phi) is 6.07. The summed E-state index contributed by atoms with van der Waals surface area (Å²) in [5, 5.41) is 6.23. The van der Waals surface area contributed by atoms with Gasteiger partial charge in [0.2, 0.25) is 5.91 Å². The zero-order chi connectivity index (χ0) is 22.5. The molecule has 1 heterocycles. The fraction of sp³-hybridized carbons (Fsp3) is 0.120. The normalized spacial score (nSPS) is 11.7. The van der Waals surface area contributed by atoms with Crippen molar-refractivity contribution in [3.63, 3.8) is 0 Å². The molecule has 32 heavy (non-hydrogen) atoms. The van der Waals surface area contributed by atoms with Crippen molar-refractivity contribution < 1.29 is 9.59 Å². The van der Waals surface area contributed by atoms with Gasteiger partial charge in [-0.25, -0.2) is 4.98 Å². The summed E-state index contributed by atoms with van der Waals surface area (Å²) in [6.07, 6.45) is 1.38. The first-order valence-corrected chi connectivity index (χ1v) is 10.2. The number of fused-ring (bicyclic) bond motifs is 1. The molecule has 160 valence electrons. The summed E-state index contributed by atoms with van der Waals surface area (Å²) < 4.78 is 1.29. The van der Waals surface area contributed by atoms with Gasteiger partial charge in [-0.2, -0.15) is 0 Å². The maximum Gasteiger partial charge on any atom is 0.261 e. The highest BCUT2D eigenvalue weighted by Crippen LogP contribution is 2.18. The third-order valence-electron chi connectivity index (χ3n) is 5.10. The third-order valence-corrected chi connectivity index (χ3v) is 5.10. The summed E-state index contributed by atoms with van der Waals surface area (Å²) >= 11 is 0. The lowest BCUT2D eigenvalue weighted by atomic mass is 10.1. The van der Waals surface area contributed by atoms with E-state index < -0.39 is 0 Å². The first kappa shape index (κ1) is 21.0. The Balaban J connectivity index is 1.43. The lowest BCUT2D eigenvalue weighted by Gasteiger charge is -2.16. The highest BCUT2D eigenvalue weighted by molar-refractivity contribution is 6.04. The van der Waals surface area contributed by atoms with Gasteiger partial charge in [0, 0.05) is 11.3 Å². The van der Waals surface area contributed by atoms with E-state index in [4.69, 9.17) is 0 Å². The number of hydrogen-bond donors (Lipinski definition) is 2. The molecular formula is C25H22N4O3. The average Bonchev–Trinajstić information content (AvgIpc) is 2.82. The zero-order valence-corrected chi connectivity index (χ0v) is 17.5. The standard InChI is InChI=1S/C25H22N4O3/c1-17(19-10-7-11-20(14-19)28-24(31)18-8-3-2-4-9-18)27-23(30)15-29-16-26-22-13-6-5-12-21(22)25(29)32/h2-14,16-17H,15H2,1H3,(H,27,30)(H,28,31). The Morgan fingerprint density at radius 2 is 1.72 bits per heavy atom. The van der Waals surface area contributed by atoms with Gasteiger partial charge in [0.05, 0.1) is 23.3 Å². The van der Waals surface area contributed by atoms with E-state index >= 15 is 0 Å². The Labute approximate surface area is 184 Å². The molecule has 0 bridgehead atoms. The predicted molar refractivity (Wildman–Crippen MR) is 123 cm³/mol. The number of rotatable bonds is 6. The molecule has 0 aliphatic rings. The molecule has 3 aromatic carbocycles. The van der Waals surface area contributed by atoms with Crippen LogP contribution in [0.2, 0.25) is 0 Å². The number of hydrogen-bond acceptors (Lipinski definition) is 4. The minimum absolute atomic E-state index is 0.133. The molecule has 0 aliphatic carbocycles. The second-order valence-corrected chi connectivity index (χ2v) is 7.43. The molecular weight excluding hydrogens is 404 g/mol. The van der Waals surface area contributed by atoms with Gasteiger partial charge < -0.3 is 10.6 Å². The second kappa shape index (κ2) is 9.26. The van der Waals surface area contributed by atoms with Crippen molar-refractivity contribution in [1.82, 2.24) is 14.9 Å². The maximum atomic E-state index is 12.6. The molecule has 4 aromatic rings. The van der Waals surface area contributed by atoms with Crippen LogP contribution in [0.3, 0.4) is 0 Å². The van der Waals surface area contributed by atoms with E-state index in [1.54, 1.807) is 48.5 Å². The average molecular weight is 426 g/mol. The minimum Gasteiger partial charge on any atom is -0.348 e. The van der Waals surface area contributed by atoms with E-state index in [1.165, 1.54) is 10.9 Å². The molecule has 0 saturated heterocycles. The van der Waals surface area contributed by atoms with Crippen LogP contribution in [-0.2, 0) is 11.3 Å². The topological polar surface area (TPSA) is 93.1 Å². The van der Waals surface area contributed by atoms with Crippen molar-refractivity contribution in [2.45, 2.75) is 19.5 Å². The quantitative estimate of drug-likeness (QED) is 0.493. The monoisotopic (exact) mass is 426 g/mol. The van der Waals surface area contributed by atoms with Crippen molar-refractivity contribution in [3.8, 4) is 0 Å². The van der Waals surface area contributed by atoms with Crippen molar-refractivity contribution in [3.05, 3.63) is 107 Å². The highest BCUT2D eigenvalue weighted by Gasteiger charge is 2.13. The van der Waals surface area contributed by atoms with Crippen LogP contribution in [-0.4, -0.2) is 21.4 Å². The van der Waals surface area contributed by atoms with E-state index in [1.807, 2.05) is 37.3 Å². The Hall–Kier alpha value is -4.26. The number of aromatic nitrogens is 2. The lowest BCUT2D eigenvalue weighted by Crippen LogP contribution is -2.34. The molecule has 7 heteroatoms. The molecule has 0 radical (unpaired) electrons. The molecule has 7 nitrogen and oxygen atoms in total. The molecule has 1 atom stereocenters. The van der Waals surface area contributed by atoms with Crippen LogP contribution >= 0.6 is 0 Å². The molecule has 4 rings (SSSR count). The Morgan fingerprint density at radius 3 is 2.53 bits per heavy atom. The first-order chi connectivity index (χ1) is 15.5. The summed E-state index contributed by atoms with van der Waals surface area (Å²) in [4.78, 5) is 41.8. The smallest absolute Gasteiger partial charge is 0.261 e. The fourth-order valence-electron chi connectivity index (χ4n) is 3.42. The van der Waals surface area contributed by atoms with Crippen molar-refractivity contribution in [1.29, 1.82) is 0 Å². The predicted octanol–water partition coefficient (Wildman–Crippen LogP) is 3.53. The zero-order valence-electron chi connectivity index (χ0n) is 17.5. The Morgan fingerprint density at radius 1 is 0.969 bits per heavy atom. The first-order valence-electron chi connectivity index (χ1n) is 10.2. The minimum atomic E-state index is -0.319. The summed E-state index contributed by atoms with van der Waals surface area (Å²) in [5.74, 6) is -0.516. The van der Waals surface area contributed by atoms with Crippen LogP contribution in [0, 0.1) is 0 Å². The molecule has 1 unspecified atom stereocenters. The number of para-hydroxylation sites is 1. The molecule has 0 fully saturated rings. The molecule has 0 aliphatic heterocycles. The Bertz CT molecular complexity index is 1330. The number of amides is 2. The molecule has 2 N–H and O–H groups in total. The van der Waals surface area contributed by atoms with E-state index in [9.17, 15) is 14.4 Å². The number of nitrogens with zero attached hydrogens (tertiary/aromatic N) is 2. The summed E-state index contributed by atoms with van der Waals surface area (Å²) in [6, 6.07) is 22.9.